The van der Waals surface area contributed by atoms with Gasteiger partial charge in [-0.05, 0) is 24.6 Å². The molecular weight excluding hydrogens is 214 g/mol. The smallest absolute Gasteiger partial charge is 0.170 e. The van der Waals surface area contributed by atoms with Gasteiger partial charge < -0.3 is 5.73 Å². The van der Waals surface area contributed by atoms with Crippen LogP contribution in [0.2, 0.25) is 0 Å². The van der Waals surface area contributed by atoms with Crippen LogP contribution in [0.4, 0.5) is 5.69 Å². The van der Waals surface area contributed by atoms with E-state index in [2.05, 4.69) is 5.10 Å². The minimum Gasteiger partial charge on any atom is -0.399 e. The molecule has 0 aliphatic rings. The fraction of sp³-hybridized carbons (Fsp3) is 0.231. The molecule has 1 aromatic carbocycles. The summed E-state index contributed by atoms with van der Waals surface area (Å²) in [5.41, 5.74) is 7.92. The third kappa shape index (κ3) is 2.72. The van der Waals surface area contributed by atoms with Gasteiger partial charge in [0.1, 0.15) is 0 Å². The first-order valence-corrected chi connectivity index (χ1v) is 5.59. The molecule has 0 aliphatic carbocycles. The second kappa shape index (κ2) is 4.82. The number of nitrogens with zero attached hydrogens (tertiary/aromatic N) is 2. The number of carbonyl (C=O) groups is 1. The maximum atomic E-state index is 11.9. The molecule has 0 amide bonds. The highest BCUT2D eigenvalue weighted by Crippen LogP contribution is 2.09. The van der Waals surface area contributed by atoms with Crippen LogP contribution in [0, 0.1) is 0 Å². The van der Waals surface area contributed by atoms with Crippen LogP contribution < -0.4 is 5.73 Å². The number of Topliss-reactive ketones (excluding diaryl/α,β-unsaturated/α-hetero) is 1. The van der Waals surface area contributed by atoms with Gasteiger partial charge in [-0.3, -0.25) is 9.48 Å². The number of carbonyl (C=O) groups excluding carboxylic acids is 1. The fourth-order valence-electron chi connectivity index (χ4n) is 1.60. The number of hydrogen-bond acceptors (Lipinski definition) is 3. The van der Waals surface area contributed by atoms with Gasteiger partial charge >= 0.3 is 0 Å². The average molecular weight is 229 g/mol. The number of anilines is 1. The van der Waals surface area contributed by atoms with E-state index >= 15 is 0 Å². The van der Waals surface area contributed by atoms with Gasteiger partial charge in [0.15, 0.2) is 5.78 Å². The molecule has 4 nitrogen and oxygen atoms in total. The van der Waals surface area contributed by atoms with Crippen LogP contribution in [-0.2, 0) is 13.0 Å². The molecule has 17 heavy (non-hydrogen) atoms. The van der Waals surface area contributed by atoms with Crippen LogP contribution in [0.3, 0.4) is 0 Å². The van der Waals surface area contributed by atoms with Gasteiger partial charge in [-0.1, -0.05) is 12.1 Å². The lowest BCUT2D eigenvalue weighted by molar-refractivity contribution is 0.0993. The zero-order chi connectivity index (χ0) is 12.3. The summed E-state index contributed by atoms with van der Waals surface area (Å²) in [7, 11) is 0. The summed E-state index contributed by atoms with van der Waals surface area (Å²) in [5, 5.41) is 4.09. The Kier molecular flexibility index (Phi) is 3.23. The minimum absolute atomic E-state index is 0.0782. The van der Waals surface area contributed by atoms with Crippen molar-refractivity contribution in [2.45, 2.75) is 19.9 Å². The molecule has 2 N–H and O–H groups in total. The molecule has 0 fully saturated rings. The summed E-state index contributed by atoms with van der Waals surface area (Å²) in [6.45, 7) is 2.76. The van der Waals surface area contributed by atoms with E-state index in [9.17, 15) is 4.79 Å². The van der Waals surface area contributed by atoms with Crippen LogP contribution in [0.25, 0.3) is 0 Å². The summed E-state index contributed by atoms with van der Waals surface area (Å²) in [6.07, 6.45) is 3.78. The van der Waals surface area contributed by atoms with Crippen LogP contribution >= 0.6 is 0 Å². The molecule has 2 rings (SSSR count). The first-order valence-electron chi connectivity index (χ1n) is 5.59. The number of hydrogen-bond donors (Lipinski definition) is 1. The Balaban J connectivity index is 2.08. The standard InChI is InChI=1S/C13H15N3O/c1-2-16-9-11(8-15-16)13(17)7-10-3-5-12(14)6-4-10/h3-6,8-9H,2,7,14H2,1H3. The Morgan fingerprint density at radius 1 is 1.35 bits per heavy atom. The number of nitrogen functional groups attached to an aromatic ring is 1. The number of ketones is 1. The Morgan fingerprint density at radius 3 is 2.65 bits per heavy atom. The van der Waals surface area contributed by atoms with Gasteiger partial charge in [-0.25, -0.2) is 0 Å². The monoisotopic (exact) mass is 229 g/mol. The molecule has 0 saturated heterocycles. The van der Waals surface area contributed by atoms with E-state index in [0.717, 1.165) is 12.1 Å². The van der Waals surface area contributed by atoms with Gasteiger partial charge in [0.05, 0.1) is 11.8 Å². The maximum absolute atomic E-state index is 11.9. The Morgan fingerprint density at radius 2 is 2.06 bits per heavy atom. The molecule has 0 spiro atoms. The van der Waals surface area contributed by atoms with Gasteiger partial charge in [-0.15, -0.1) is 0 Å². The molecule has 0 radical (unpaired) electrons. The van der Waals surface area contributed by atoms with Crippen molar-refractivity contribution < 1.29 is 4.79 Å². The van der Waals surface area contributed by atoms with Crippen molar-refractivity contribution in [3.63, 3.8) is 0 Å². The van der Waals surface area contributed by atoms with E-state index < -0.39 is 0 Å². The van der Waals surface area contributed by atoms with Crippen molar-refractivity contribution in [2.24, 2.45) is 0 Å². The molecule has 0 atom stereocenters. The normalized spacial score (nSPS) is 10.4. The van der Waals surface area contributed by atoms with E-state index in [1.807, 2.05) is 19.1 Å². The van der Waals surface area contributed by atoms with E-state index in [1.54, 1.807) is 29.2 Å². The SMILES string of the molecule is CCn1cc(C(=O)Cc2ccc(N)cc2)cn1. The van der Waals surface area contributed by atoms with E-state index in [-0.39, 0.29) is 5.78 Å². The zero-order valence-electron chi connectivity index (χ0n) is 9.76. The summed E-state index contributed by atoms with van der Waals surface area (Å²) < 4.78 is 1.75. The van der Waals surface area contributed by atoms with E-state index in [1.165, 1.54) is 0 Å². The largest absolute Gasteiger partial charge is 0.399 e. The predicted molar refractivity (Wildman–Crippen MR) is 66.8 cm³/mol. The fourth-order valence-corrected chi connectivity index (χ4v) is 1.60. The van der Waals surface area contributed by atoms with Gasteiger partial charge in [0.2, 0.25) is 0 Å². The number of rotatable bonds is 4. The first-order chi connectivity index (χ1) is 8.19. The lowest BCUT2D eigenvalue weighted by atomic mass is 10.1. The molecule has 0 saturated carbocycles. The first kappa shape index (κ1) is 11.4. The van der Waals surface area contributed by atoms with Crippen LogP contribution in [0.1, 0.15) is 22.8 Å². The molecule has 4 heteroatoms. The highest BCUT2D eigenvalue weighted by molar-refractivity contribution is 5.97. The van der Waals surface area contributed by atoms with Crippen LogP contribution in [0.5, 0.6) is 0 Å². The lowest BCUT2D eigenvalue weighted by Gasteiger charge is -1.99. The Bertz CT molecular complexity index is 514. The molecule has 0 bridgehead atoms. The van der Waals surface area contributed by atoms with Crippen molar-refractivity contribution in [3.05, 3.63) is 47.8 Å². The highest BCUT2D eigenvalue weighted by Gasteiger charge is 2.09. The molecule has 2 aromatic rings. The van der Waals surface area contributed by atoms with Crippen molar-refractivity contribution >= 4 is 11.5 Å². The second-order valence-corrected chi connectivity index (χ2v) is 3.93. The number of aromatic nitrogens is 2. The third-order valence-electron chi connectivity index (χ3n) is 2.62. The molecule has 1 aromatic heterocycles. The minimum atomic E-state index is 0.0782. The van der Waals surface area contributed by atoms with Gasteiger partial charge in [-0.2, -0.15) is 5.10 Å². The van der Waals surface area contributed by atoms with Crippen molar-refractivity contribution in [3.8, 4) is 0 Å². The topological polar surface area (TPSA) is 60.9 Å². The summed E-state index contributed by atoms with van der Waals surface area (Å²) in [5.74, 6) is 0.0782. The van der Waals surface area contributed by atoms with E-state index in [0.29, 0.717) is 17.7 Å². The average Bonchev–Trinajstić information content (AvgIpc) is 2.81. The molecular formula is C13H15N3O. The highest BCUT2D eigenvalue weighted by atomic mass is 16.1. The van der Waals surface area contributed by atoms with Gasteiger partial charge in [0.25, 0.3) is 0 Å². The molecule has 88 valence electrons. The predicted octanol–water partition coefficient (Wildman–Crippen LogP) is 1.91. The molecule has 0 aliphatic heterocycles. The number of nitrogens with two attached hydrogens (primary N) is 1. The quantitative estimate of drug-likeness (QED) is 0.643. The Labute approximate surface area is 100 Å². The van der Waals surface area contributed by atoms with Crippen molar-refractivity contribution in [1.82, 2.24) is 9.78 Å². The molecule has 1 heterocycles. The number of benzene rings is 1. The Hall–Kier alpha value is -2.10. The van der Waals surface area contributed by atoms with E-state index in [4.69, 9.17) is 5.73 Å². The summed E-state index contributed by atoms with van der Waals surface area (Å²) in [4.78, 5) is 11.9. The van der Waals surface area contributed by atoms with Crippen LogP contribution in [-0.4, -0.2) is 15.6 Å². The third-order valence-corrected chi connectivity index (χ3v) is 2.62. The van der Waals surface area contributed by atoms with Crippen molar-refractivity contribution in [1.29, 1.82) is 0 Å². The maximum Gasteiger partial charge on any atom is 0.170 e. The summed E-state index contributed by atoms with van der Waals surface area (Å²) in [6, 6.07) is 7.35. The van der Waals surface area contributed by atoms with Crippen LogP contribution in [0.15, 0.2) is 36.7 Å². The second-order valence-electron chi connectivity index (χ2n) is 3.93. The van der Waals surface area contributed by atoms with Crippen molar-refractivity contribution in [2.75, 3.05) is 5.73 Å². The number of aryl methyl sites for hydroxylation is 1. The lowest BCUT2D eigenvalue weighted by Crippen LogP contribution is -2.02. The summed E-state index contributed by atoms with van der Waals surface area (Å²) >= 11 is 0. The zero-order valence-corrected chi connectivity index (χ0v) is 9.76. The van der Waals surface area contributed by atoms with Gasteiger partial charge in [0, 0.05) is 24.8 Å². The molecule has 0 unspecified atom stereocenters.